The summed E-state index contributed by atoms with van der Waals surface area (Å²) in [6, 6.07) is 0.466. The maximum atomic E-state index is 11.9. The van der Waals surface area contributed by atoms with Crippen molar-refractivity contribution in [1.82, 2.24) is 5.32 Å². The molecule has 1 N–H and O–H groups in total. The van der Waals surface area contributed by atoms with Crippen LogP contribution in [0.4, 0.5) is 0 Å². The highest BCUT2D eigenvalue weighted by molar-refractivity contribution is 7.92. The van der Waals surface area contributed by atoms with Crippen LogP contribution < -0.4 is 5.32 Å². The molecule has 0 saturated heterocycles. The number of hydrogen-bond acceptors (Lipinski definition) is 3. The van der Waals surface area contributed by atoms with Crippen molar-refractivity contribution in [1.29, 1.82) is 0 Å². The van der Waals surface area contributed by atoms with Gasteiger partial charge in [0.25, 0.3) is 0 Å². The zero-order valence-corrected chi connectivity index (χ0v) is 14.6. The molecule has 0 spiro atoms. The van der Waals surface area contributed by atoms with Crippen LogP contribution in [0.5, 0.6) is 0 Å². The van der Waals surface area contributed by atoms with Crippen molar-refractivity contribution in [2.24, 2.45) is 23.2 Å². The Kier molecular flexibility index (Phi) is 4.15. The molecule has 1 atom stereocenters. The van der Waals surface area contributed by atoms with Gasteiger partial charge in [0.15, 0.2) is 9.84 Å². The first kappa shape index (κ1) is 15.8. The lowest BCUT2D eigenvalue weighted by Gasteiger charge is -2.59. The van der Waals surface area contributed by atoms with Crippen molar-refractivity contribution < 1.29 is 8.42 Å². The van der Waals surface area contributed by atoms with Gasteiger partial charge < -0.3 is 5.32 Å². The summed E-state index contributed by atoms with van der Waals surface area (Å²) in [4.78, 5) is 0. The van der Waals surface area contributed by atoms with Crippen LogP contribution in [-0.2, 0) is 9.84 Å². The van der Waals surface area contributed by atoms with Crippen LogP contribution in [0.2, 0.25) is 0 Å². The van der Waals surface area contributed by atoms with Gasteiger partial charge in [-0.15, -0.1) is 0 Å². The summed E-state index contributed by atoms with van der Waals surface area (Å²) < 4.78 is 23.8. The van der Waals surface area contributed by atoms with E-state index in [0.717, 1.165) is 17.8 Å². The molecule has 1 unspecified atom stereocenters. The summed E-state index contributed by atoms with van der Waals surface area (Å²) in [6.07, 6.45) is 8.54. The van der Waals surface area contributed by atoms with Gasteiger partial charge in [0, 0.05) is 12.6 Å². The summed E-state index contributed by atoms with van der Waals surface area (Å²) >= 11 is 0. The average Bonchev–Trinajstić information content (AvgIpc) is 2.36. The van der Waals surface area contributed by atoms with E-state index >= 15 is 0 Å². The van der Waals surface area contributed by atoms with Crippen LogP contribution >= 0.6 is 0 Å². The lowest BCUT2D eigenvalue weighted by molar-refractivity contribution is -0.0700. The summed E-state index contributed by atoms with van der Waals surface area (Å²) in [6.45, 7) is 6.47. The normalized spacial score (nSPS) is 39.9. The highest BCUT2D eigenvalue weighted by Crippen LogP contribution is 2.61. The van der Waals surface area contributed by atoms with Crippen molar-refractivity contribution in [2.75, 3.05) is 12.3 Å². The molecule has 0 aromatic heterocycles. The van der Waals surface area contributed by atoms with E-state index in [0.29, 0.717) is 18.0 Å². The zero-order chi connectivity index (χ0) is 15.3. The molecule has 0 aromatic carbocycles. The Morgan fingerprint density at radius 2 is 1.48 bits per heavy atom. The van der Waals surface area contributed by atoms with Gasteiger partial charge in [0.2, 0.25) is 0 Å². The third-order valence-corrected chi connectivity index (χ3v) is 8.77. The monoisotopic (exact) mass is 313 g/mol. The fraction of sp³-hybridized carbons (Fsp3) is 1.00. The second kappa shape index (κ2) is 5.52. The first-order valence-corrected chi connectivity index (χ1v) is 10.5. The van der Waals surface area contributed by atoms with Gasteiger partial charge >= 0.3 is 0 Å². The van der Waals surface area contributed by atoms with Gasteiger partial charge in [-0.3, -0.25) is 0 Å². The minimum atomic E-state index is -2.91. The van der Waals surface area contributed by atoms with Crippen LogP contribution in [0.15, 0.2) is 0 Å². The summed E-state index contributed by atoms with van der Waals surface area (Å²) in [7, 11) is -2.91. The second-order valence-electron chi connectivity index (χ2n) is 8.37. The molecule has 4 aliphatic carbocycles. The van der Waals surface area contributed by atoms with Gasteiger partial charge in [-0.1, -0.05) is 0 Å². The predicted octanol–water partition coefficient (Wildman–Crippen LogP) is 3.00. The molecule has 0 aromatic rings. The fourth-order valence-corrected chi connectivity index (χ4v) is 6.45. The largest absolute Gasteiger partial charge is 0.313 e. The Labute approximate surface area is 130 Å². The number of rotatable bonds is 6. The Bertz CT molecular complexity index is 448. The first-order chi connectivity index (χ1) is 9.81. The number of nitrogens with one attached hydrogen (secondary N) is 1. The standard InChI is InChI=1S/C17H31NO2S/c1-12(2)21(19,20)5-4-18-13(3)17-9-14-6-15(10-17)8-16(7-14)11-17/h12-16,18H,4-11H2,1-3H3. The van der Waals surface area contributed by atoms with Crippen molar-refractivity contribution in [2.45, 2.75) is 70.6 Å². The van der Waals surface area contributed by atoms with Gasteiger partial charge in [0.05, 0.1) is 11.0 Å². The van der Waals surface area contributed by atoms with Crippen LogP contribution in [-0.4, -0.2) is 32.0 Å². The van der Waals surface area contributed by atoms with Gasteiger partial charge in [-0.25, -0.2) is 8.42 Å². The van der Waals surface area contributed by atoms with E-state index < -0.39 is 9.84 Å². The number of sulfone groups is 1. The van der Waals surface area contributed by atoms with E-state index in [4.69, 9.17) is 0 Å². The van der Waals surface area contributed by atoms with Gasteiger partial charge in [-0.05, 0) is 82.5 Å². The van der Waals surface area contributed by atoms with Crippen LogP contribution in [0.3, 0.4) is 0 Å². The van der Waals surface area contributed by atoms with Crippen molar-refractivity contribution in [3.05, 3.63) is 0 Å². The number of hydrogen-bond donors (Lipinski definition) is 1. The molecule has 4 fully saturated rings. The smallest absolute Gasteiger partial charge is 0.153 e. The third-order valence-electron chi connectivity index (χ3n) is 6.56. The third kappa shape index (κ3) is 3.03. The molecule has 0 radical (unpaired) electrons. The highest BCUT2D eigenvalue weighted by Gasteiger charge is 2.52. The fourth-order valence-electron chi connectivity index (χ4n) is 5.58. The maximum absolute atomic E-state index is 11.9. The molecule has 4 saturated carbocycles. The Hall–Kier alpha value is -0.0900. The maximum Gasteiger partial charge on any atom is 0.153 e. The van der Waals surface area contributed by atoms with Gasteiger partial charge in [-0.2, -0.15) is 0 Å². The first-order valence-electron chi connectivity index (χ1n) is 8.76. The van der Waals surface area contributed by atoms with Crippen molar-refractivity contribution in [3.63, 3.8) is 0 Å². The van der Waals surface area contributed by atoms with Gasteiger partial charge in [0.1, 0.15) is 0 Å². The van der Waals surface area contributed by atoms with E-state index in [-0.39, 0.29) is 11.0 Å². The van der Waals surface area contributed by atoms with Crippen LogP contribution in [0, 0.1) is 23.2 Å². The van der Waals surface area contributed by atoms with E-state index in [9.17, 15) is 8.42 Å². The Morgan fingerprint density at radius 1 is 1.00 bits per heavy atom. The van der Waals surface area contributed by atoms with Crippen LogP contribution in [0.1, 0.15) is 59.3 Å². The predicted molar refractivity (Wildman–Crippen MR) is 87.0 cm³/mol. The highest BCUT2D eigenvalue weighted by atomic mass is 32.2. The lowest BCUT2D eigenvalue weighted by Crippen LogP contribution is -2.55. The summed E-state index contributed by atoms with van der Waals surface area (Å²) in [5.74, 6) is 3.15. The molecule has 4 heteroatoms. The quantitative estimate of drug-likeness (QED) is 0.820. The molecule has 0 heterocycles. The molecular formula is C17H31NO2S. The SMILES string of the molecule is CC(NCCS(=O)(=O)C(C)C)C12CC3CC(CC(C3)C1)C2. The summed E-state index contributed by atoms with van der Waals surface area (Å²) in [5, 5.41) is 3.32. The minimum Gasteiger partial charge on any atom is -0.313 e. The summed E-state index contributed by atoms with van der Waals surface area (Å²) in [5.41, 5.74) is 0.469. The zero-order valence-electron chi connectivity index (χ0n) is 13.8. The van der Waals surface area contributed by atoms with E-state index in [2.05, 4.69) is 12.2 Å². The molecule has 4 bridgehead atoms. The molecule has 122 valence electrons. The molecular weight excluding hydrogens is 282 g/mol. The average molecular weight is 314 g/mol. The van der Waals surface area contributed by atoms with E-state index in [1.54, 1.807) is 13.8 Å². The van der Waals surface area contributed by atoms with Crippen LogP contribution in [0.25, 0.3) is 0 Å². The molecule has 4 rings (SSSR count). The Morgan fingerprint density at radius 3 is 1.90 bits per heavy atom. The molecule has 0 amide bonds. The molecule has 3 nitrogen and oxygen atoms in total. The van der Waals surface area contributed by atoms with Crippen molar-refractivity contribution >= 4 is 9.84 Å². The Balaban J connectivity index is 1.57. The van der Waals surface area contributed by atoms with E-state index in [1.807, 2.05) is 0 Å². The molecule has 0 aliphatic heterocycles. The molecule has 21 heavy (non-hydrogen) atoms. The van der Waals surface area contributed by atoms with Crippen molar-refractivity contribution in [3.8, 4) is 0 Å². The topological polar surface area (TPSA) is 46.2 Å². The molecule has 4 aliphatic rings. The minimum absolute atomic E-state index is 0.255. The lowest BCUT2D eigenvalue weighted by atomic mass is 9.48. The van der Waals surface area contributed by atoms with E-state index in [1.165, 1.54) is 38.5 Å². The second-order valence-corrected chi connectivity index (χ2v) is 11.0.